The van der Waals surface area contributed by atoms with Crippen molar-refractivity contribution in [3.63, 3.8) is 0 Å². The Balaban J connectivity index is 1.86. The molecule has 1 aromatic heterocycles. The molecule has 0 atom stereocenters. The predicted molar refractivity (Wildman–Crippen MR) is 69.6 cm³/mol. The fraction of sp³-hybridized carbons (Fsp3) is 0.500. The standard InChI is InChI=1S/C12H14ClN5O/c13-11-8-15-7-10(17-11)12(19)16-9-1-4-18(5-2-9)6-3-14/h7-9H,1-2,4-6H2,(H,16,19). The normalized spacial score (nSPS) is 16.8. The topological polar surface area (TPSA) is 81.9 Å². The summed E-state index contributed by atoms with van der Waals surface area (Å²) in [6.45, 7) is 2.08. The van der Waals surface area contributed by atoms with E-state index >= 15 is 0 Å². The molecule has 1 amide bonds. The summed E-state index contributed by atoms with van der Waals surface area (Å²) in [5.41, 5.74) is 0.229. The van der Waals surface area contributed by atoms with Gasteiger partial charge in [0.15, 0.2) is 0 Å². The molecule has 0 aliphatic carbocycles. The number of nitriles is 1. The number of piperidine rings is 1. The molecule has 0 aromatic carbocycles. The smallest absolute Gasteiger partial charge is 0.271 e. The second-order valence-electron chi connectivity index (χ2n) is 4.41. The predicted octanol–water partition coefficient (Wildman–Crippen LogP) is 0.848. The Bertz CT molecular complexity index is 493. The van der Waals surface area contributed by atoms with Gasteiger partial charge in [0.1, 0.15) is 10.8 Å². The first-order valence-electron chi connectivity index (χ1n) is 6.07. The van der Waals surface area contributed by atoms with Gasteiger partial charge in [-0.05, 0) is 12.8 Å². The Morgan fingerprint density at radius 1 is 1.53 bits per heavy atom. The first-order valence-corrected chi connectivity index (χ1v) is 6.44. The van der Waals surface area contributed by atoms with Gasteiger partial charge in [-0.1, -0.05) is 11.6 Å². The van der Waals surface area contributed by atoms with Gasteiger partial charge < -0.3 is 5.32 Å². The van der Waals surface area contributed by atoms with Crippen LogP contribution in [0, 0.1) is 11.3 Å². The Labute approximate surface area is 116 Å². The molecule has 2 rings (SSSR count). The average molecular weight is 280 g/mol. The highest BCUT2D eigenvalue weighted by molar-refractivity contribution is 6.29. The summed E-state index contributed by atoms with van der Waals surface area (Å²) in [6.07, 6.45) is 4.45. The van der Waals surface area contributed by atoms with Gasteiger partial charge >= 0.3 is 0 Å². The summed E-state index contributed by atoms with van der Waals surface area (Å²) >= 11 is 5.69. The van der Waals surface area contributed by atoms with Crippen LogP contribution in [0.25, 0.3) is 0 Å². The fourth-order valence-corrected chi connectivity index (χ4v) is 2.19. The molecular formula is C12H14ClN5O. The van der Waals surface area contributed by atoms with E-state index < -0.39 is 0 Å². The van der Waals surface area contributed by atoms with E-state index in [0.717, 1.165) is 25.9 Å². The number of aromatic nitrogens is 2. The zero-order valence-corrected chi connectivity index (χ0v) is 11.1. The van der Waals surface area contributed by atoms with Crippen molar-refractivity contribution in [2.24, 2.45) is 0 Å². The van der Waals surface area contributed by atoms with Crippen LogP contribution in [0.3, 0.4) is 0 Å². The number of nitrogens with zero attached hydrogens (tertiary/aromatic N) is 4. The summed E-state index contributed by atoms with van der Waals surface area (Å²) in [7, 11) is 0. The van der Waals surface area contributed by atoms with Crippen molar-refractivity contribution >= 4 is 17.5 Å². The third-order valence-electron chi connectivity index (χ3n) is 3.05. The molecular weight excluding hydrogens is 266 g/mol. The molecule has 7 heteroatoms. The van der Waals surface area contributed by atoms with Gasteiger partial charge in [-0.25, -0.2) is 4.98 Å². The van der Waals surface area contributed by atoms with Crippen molar-refractivity contribution in [1.82, 2.24) is 20.2 Å². The fourth-order valence-electron chi connectivity index (χ4n) is 2.05. The first-order chi connectivity index (χ1) is 9.19. The van der Waals surface area contributed by atoms with E-state index in [1.54, 1.807) is 0 Å². The molecule has 0 bridgehead atoms. The van der Waals surface area contributed by atoms with Gasteiger partial charge in [0.2, 0.25) is 0 Å². The van der Waals surface area contributed by atoms with Crippen LogP contribution in [0.1, 0.15) is 23.3 Å². The van der Waals surface area contributed by atoms with Crippen molar-refractivity contribution in [1.29, 1.82) is 5.26 Å². The van der Waals surface area contributed by atoms with Crippen LogP contribution in [0.2, 0.25) is 5.15 Å². The average Bonchev–Trinajstić information content (AvgIpc) is 2.41. The maximum absolute atomic E-state index is 11.9. The van der Waals surface area contributed by atoms with Crippen molar-refractivity contribution in [3.8, 4) is 6.07 Å². The van der Waals surface area contributed by atoms with Crippen LogP contribution in [0.5, 0.6) is 0 Å². The van der Waals surface area contributed by atoms with Crippen LogP contribution in [0.15, 0.2) is 12.4 Å². The lowest BCUT2D eigenvalue weighted by Gasteiger charge is -2.30. The van der Waals surface area contributed by atoms with E-state index in [1.165, 1.54) is 12.4 Å². The summed E-state index contributed by atoms with van der Waals surface area (Å²) in [6, 6.07) is 2.24. The number of likely N-dealkylation sites (tertiary alicyclic amines) is 1. The summed E-state index contributed by atoms with van der Waals surface area (Å²) in [4.78, 5) is 21.8. The van der Waals surface area contributed by atoms with Crippen LogP contribution in [-0.4, -0.2) is 46.5 Å². The first kappa shape index (κ1) is 13.7. The highest BCUT2D eigenvalue weighted by Crippen LogP contribution is 2.10. The number of carbonyl (C=O) groups excluding carboxylic acids is 1. The monoisotopic (exact) mass is 279 g/mol. The Morgan fingerprint density at radius 2 is 2.26 bits per heavy atom. The molecule has 100 valence electrons. The minimum absolute atomic E-state index is 0.114. The van der Waals surface area contributed by atoms with Crippen molar-refractivity contribution in [3.05, 3.63) is 23.2 Å². The van der Waals surface area contributed by atoms with Crippen LogP contribution >= 0.6 is 11.6 Å². The van der Waals surface area contributed by atoms with Crippen LogP contribution in [0.4, 0.5) is 0 Å². The number of halogens is 1. The van der Waals surface area contributed by atoms with Crippen LogP contribution < -0.4 is 5.32 Å². The molecule has 1 aliphatic heterocycles. The number of carbonyl (C=O) groups is 1. The molecule has 2 heterocycles. The van der Waals surface area contributed by atoms with E-state index in [2.05, 4.69) is 26.3 Å². The number of hydrogen-bond donors (Lipinski definition) is 1. The molecule has 1 aromatic rings. The molecule has 0 spiro atoms. The number of amides is 1. The summed E-state index contributed by atoms with van der Waals surface area (Å²) < 4.78 is 0. The van der Waals surface area contributed by atoms with E-state index in [0.29, 0.717) is 6.54 Å². The SMILES string of the molecule is N#CCN1CCC(NC(=O)c2cncc(Cl)n2)CC1. The van der Waals surface area contributed by atoms with Gasteiger partial charge in [-0.15, -0.1) is 0 Å². The maximum atomic E-state index is 11.9. The van der Waals surface area contributed by atoms with E-state index in [-0.39, 0.29) is 22.8 Å². The van der Waals surface area contributed by atoms with Gasteiger partial charge in [-0.3, -0.25) is 14.7 Å². The van der Waals surface area contributed by atoms with Crippen LogP contribution in [-0.2, 0) is 0 Å². The number of hydrogen-bond acceptors (Lipinski definition) is 5. The quantitative estimate of drug-likeness (QED) is 0.830. The Kier molecular flexibility index (Phi) is 4.66. The number of rotatable bonds is 3. The number of nitrogens with one attached hydrogen (secondary N) is 1. The minimum atomic E-state index is -0.256. The molecule has 1 N–H and O–H groups in total. The van der Waals surface area contributed by atoms with Crippen molar-refractivity contribution in [2.45, 2.75) is 18.9 Å². The van der Waals surface area contributed by atoms with Gasteiger partial charge in [-0.2, -0.15) is 5.26 Å². The second kappa shape index (κ2) is 6.45. The van der Waals surface area contributed by atoms with Crippen molar-refractivity contribution in [2.75, 3.05) is 19.6 Å². The van der Waals surface area contributed by atoms with E-state index in [1.807, 2.05) is 0 Å². The van der Waals surface area contributed by atoms with E-state index in [4.69, 9.17) is 16.9 Å². The Hall–Kier alpha value is -1.71. The molecule has 19 heavy (non-hydrogen) atoms. The third kappa shape index (κ3) is 3.88. The zero-order chi connectivity index (χ0) is 13.7. The van der Waals surface area contributed by atoms with E-state index in [9.17, 15) is 4.79 Å². The minimum Gasteiger partial charge on any atom is -0.348 e. The highest BCUT2D eigenvalue weighted by atomic mass is 35.5. The van der Waals surface area contributed by atoms with Gasteiger partial charge in [0, 0.05) is 19.1 Å². The lowest BCUT2D eigenvalue weighted by molar-refractivity contribution is 0.0909. The lowest BCUT2D eigenvalue weighted by atomic mass is 10.1. The maximum Gasteiger partial charge on any atom is 0.271 e. The largest absolute Gasteiger partial charge is 0.348 e. The molecule has 1 aliphatic rings. The summed E-state index contributed by atoms with van der Waals surface area (Å²) in [5.74, 6) is -0.256. The molecule has 0 unspecified atom stereocenters. The molecule has 0 saturated carbocycles. The third-order valence-corrected chi connectivity index (χ3v) is 3.24. The van der Waals surface area contributed by atoms with Gasteiger partial charge in [0.05, 0.1) is 25.0 Å². The molecule has 6 nitrogen and oxygen atoms in total. The second-order valence-corrected chi connectivity index (χ2v) is 4.80. The summed E-state index contributed by atoms with van der Waals surface area (Å²) in [5, 5.41) is 11.7. The Morgan fingerprint density at radius 3 is 2.89 bits per heavy atom. The zero-order valence-electron chi connectivity index (χ0n) is 10.3. The lowest BCUT2D eigenvalue weighted by Crippen LogP contribution is -2.44. The molecule has 1 fully saturated rings. The van der Waals surface area contributed by atoms with Crippen molar-refractivity contribution < 1.29 is 4.79 Å². The molecule has 0 radical (unpaired) electrons. The van der Waals surface area contributed by atoms with Gasteiger partial charge in [0.25, 0.3) is 5.91 Å². The highest BCUT2D eigenvalue weighted by Gasteiger charge is 2.21. The molecule has 1 saturated heterocycles.